The van der Waals surface area contributed by atoms with E-state index in [1.807, 2.05) is 0 Å². The number of hydrogen-bond donors (Lipinski definition) is 0. The zero-order valence-corrected chi connectivity index (χ0v) is 9.83. The number of halogens is 2. The minimum Gasteiger partial charge on any atom is -0.485 e. The van der Waals surface area contributed by atoms with Crippen LogP contribution < -0.4 is 9.64 Å². The second kappa shape index (κ2) is 3.91. The van der Waals surface area contributed by atoms with Gasteiger partial charge in [0.25, 0.3) is 0 Å². The van der Waals surface area contributed by atoms with Gasteiger partial charge in [-0.1, -0.05) is 11.6 Å². The highest BCUT2D eigenvalue weighted by Crippen LogP contribution is 2.38. The number of nitrogens with zero attached hydrogens (tertiary/aromatic N) is 3. The lowest BCUT2D eigenvalue weighted by atomic mass is 10.2. The van der Waals surface area contributed by atoms with Crippen molar-refractivity contribution in [3.8, 4) is 5.75 Å². The number of hydrogen-bond acceptors (Lipinski definition) is 5. The van der Waals surface area contributed by atoms with Crippen LogP contribution in [0.3, 0.4) is 0 Å². The Balaban J connectivity index is 2.06. The van der Waals surface area contributed by atoms with E-state index in [2.05, 4.69) is 14.9 Å². The van der Waals surface area contributed by atoms with Gasteiger partial charge in [0.2, 0.25) is 5.28 Å². The fourth-order valence-corrected chi connectivity index (χ4v) is 2.38. The minimum atomic E-state index is 0.138. The van der Waals surface area contributed by atoms with Crippen LogP contribution in [0.25, 0.3) is 0 Å². The maximum absolute atomic E-state index is 5.96. The summed E-state index contributed by atoms with van der Waals surface area (Å²) in [6.45, 7) is 2.62. The average Bonchev–Trinajstić information content (AvgIpc) is 2.28. The molecule has 2 aliphatic heterocycles. The third-order valence-corrected chi connectivity index (χ3v) is 3.12. The summed E-state index contributed by atoms with van der Waals surface area (Å²) in [6, 6.07) is 0.184. The van der Waals surface area contributed by atoms with Gasteiger partial charge in [-0.25, -0.2) is 4.98 Å². The van der Waals surface area contributed by atoms with Gasteiger partial charge in [0.15, 0.2) is 16.7 Å². The predicted molar refractivity (Wildman–Crippen MR) is 59.5 cm³/mol. The fourth-order valence-electron chi connectivity index (χ4n) is 1.96. The molecule has 1 saturated heterocycles. The van der Waals surface area contributed by atoms with E-state index in [0.29, 0.717) is 31.4 Å². The smallest absolute Gasteiger partial charge is 0.226 e. The molecule has 1 aromatic rings. The lowest BCUT2D eigenvalue weighted by molar-refractivity contribution is 0.0696. The summed E-state index contributed by atoms with van der Waals surface area (Å²) < 4.78 is 10.9. The van der Waals surface area contributed by atoms with Gasteiger partial charge in [0.1, 0.15) is 6.61 Å². The van der Waals surface area contributed by atoms with E-state index in [-0.39, 0.29) is 16.5 Å². The first-order valence-corrected chi connectivity index (χ1v) is 5.71. The zero-order chi connectivity index (χ0) is 11.1. The van der Waals surface area contributed by atoms with E-state index in [4.69, 9.17) is 32.7 Å². The maximum Gasteiger partial charge on any atom is 0.226 e. The molecule has 16 heavy (non-hydrogen) atoms. The first-order chi connectivity index (χ1) is 7.75. The van der Waals surface area contributed by atoms with Crippen molar-refractivity contribution >= 4 is 29.0 Å². The second-order valence-corrected chi connectivity index (χ2v) is 4.37. The molecule has 1 aromatic heterocycles. The molecular weight excluding hydrogens is 253 g/mol. The quantitative estimate of drug-likeness (QED) is 0.522. The van der Waals surface area contributed by atoms with E-state index >= 15 is 0 Å². The molecule has 0 bridgehead atoms. The first-order valence-electron chi connectivity index (χ1n) is 4.96. The molecule has 0 spiro atoms. The number of rotatable bonds is 0. The van der Waals surface area contributed by atoms with Crippen LogP contribution in [0.5, 0.6) is 5.75 Å². The molecule has 0 radical (unpaired) electrons. The largest absolute Gasteiger partial charge is 0.485 e. The first kappa shape index (κ1) is 10.4. The van der Waals surface area contributed by atoms with Crippen molar-refractivity contribution < 1.29 is 9.47 Å². The Morgan fingerprint density at radius 2 is 2.12 bits per heavy atom. The third kappa shape index (κ3) is 1.59. The van der Waals surface area contributed by atoms with Crippen LogP contribution in [-0.4, -0.2) is 42.4 Å². The van der Waals surface area contributed by atoms with E-state index in [0.717, 1.165) is 6.54 Å². The topological polar surface area (TPSA) is 47.5 Å². The molecule has 1 atom stereocenters. The van der Waals surface area contributed by atoms with Gasteiger partial charge < -0.3 is 14.4 Å². The molecule has 1 fully saturated rings. The number of ether oxygens (including phenoxy) is 2. The monoisotopic (exact) mass is 261 g/mol. The molecule has 0 aromatic carbocycles. The van der Waals surface area contributed by atoms with E-state index in [9.17, 15) is 0 Å². The van der Waals surface area contributed by atoms with E-state index in [1.165, 1.54) is 0 Å². The Labute approximate surface area is 102 Å². The molecule has 0 saturated carbocycles. The molecule has 5 nitrogen and oxygen atoms in total. The molecule has 0 aliphatic carbocycles. The SMILES string of the molecule is Clc1nc(Cl)c2c(n1)N1CCOCC1CO2. The Kier molecular flexibility index (Phi) is 2.53. The lowest BCUT2D eigenvalue weighted by Crippen LogP contribution is -2.51. The normalized spacial score (nSPS) is 23.4. The predicted octanol–water partition coefficient (Wildman–Crippen LogP) is 1.38. The summed E-state index contributed by atoms with van der Waals surface area (Å²) in [5.74, 6) is 1.19. The summed E-state index contributed by atoms with van der Waals surface area (Å²) in [5, 5.41) is 0.402. The number of fused-ring (bicyclic) bond motifs is 3. The summed E-state index contributed by atoms with van der Waals surface area (Å²) in [6.07, 6.45) is 0. The van der Waals surface area contributed by atoms with Crippen LogP contribution in [-0.2, 0) is 4.74 Å². The Hall–Kier alpha value is -0.780. The molecule has 3 rings (SSSR count). The van der Waals surface area contributed by atoms with Crippen LogP contribution in [0.1, 0.15) is 0 Å². The van der Waals surface area contributed by atoms with Crippen LogP contribution in [0.2, 0.25) is 10.4 Å². The maximum atomic E-state index is 5.96. The van der Waals surface area contributed by atoms with Crippen LogP contribution in [0, 0.1) is 0 Å². The highest BCUT2D eigenvalue weighted by atomic mass is 35.5. The Morgan fingerprint density at radius 3 is 3.00 bits per heavy atom. The van der Waals surface area contributed by atoms with Crippen molar-refractivity contribution in [3.63, 3.8) is 0 Å². The van der Waals surface area contributed by atoms with Crippen molar-refractivity contribution in [3.05, 3.63) is 10.4 Å². The van der Waals surface area contributed by atoms with Gasteiger partial charge in [0, 0.05) is 6.54 Å². The summed E-state index contributed by atoms with van der Waals surface area (Å²) in [7, 11) is 0. The minimum absolute atomic E-state index is 0.138. The number of anilines is 1. The molecule has 7 heteroatoms. The number of aromatic nitrogens is 2. The molecule has 3 heterocycles. The summed E-state index contributed by atoms with van der Waals surface area (Å²) in [5.41, 5.74) is 0. The molecule has 0 N–H and O–H groups in total. The van der Waals surface area contributed by atoms with Crippen LogP contribution >= 0.6 is 23.2 Å². The average molecular weight is 262 g/mol. The van der Waals surface area contributed by atoms with Gasteiger partial charge in [-0.05, 0) is 11.6 Å². The number of morpholine rings is 1. The van der Waals surface area contributed by atoms with Crippen molar-refractivity contribution in [2.75, 3.05) is 31.3 Å². The fraction of sp³-hybridized carbons (Fsp3) is 0.556. The van der Waals surface area contributed by atoms with Crippen LogP contribution in [0.15, 0.2) is 0 Å². The molecule has 2 aliphatic rings. The van der Waals surface area contributed by atoms with E-state index in [1.54, 1.807) is 0 Å². The van der Waals surface area contributed by atoms with Gasteiger partial charge >= 0.3 is 0 Å². The second-order valence-electron chi connectivity index (χ2n) is 3.67. The Bertz CT molecular complexity index is 429. The van der Waals surface area contributed by atoms with Crippen molar-refractivity contribution in [2.24, 2.45) is 0 Å². The van der Waals surface area contributed by atoms with Gasteiger partial charge in [-0.3, -0.25) is 0 Å². The van der Waals surface area contributed by atoms with Gasteiger partial charge in [-0.15, -0.1) is 0 Å². The molecule has 86 valence electrons. The lowest BCUT2D eigenvalue weighted by Gasteiger charge is -2.40. The molecule has 0 amide bonds. The highest BCUT2D eigenvalue weighted by Gasteiger charge is 2.33. The summed E-state index contributed by atoms with van der Waals surface area (Å²) >= 11 is 11.8. The van der Waals surface area contributed by atoms with Gasteiger partial charge in [0.05, 0.1) is 19.3 Å². The standard InChI is InChI=1S/C9H9Cl2N3O2/c10-7-6-8(13-9(11)12-7)14-1-2-15-3-5(14)4-16-6/h5H,1-4H2. The van der Waals surface area contributed by atoms with E-state index < -0.39 is 0 Å². The summed E-state index contributed by atoms with van der Waals surface area (Å²) in [4.78, 5) is 10.1. The highest BCUT2D eigenvalue weighted by molar-refractivity contribution is 6.33. The third-order valence-electron chi connectivity index (χ3n) is 2.70. The van der Waals surface area contributed by atoms with Crippen molar-refractivity contribution in [2.45, 2.75) is 6.04 Å². The van der Waals surface area contributed by atoms with Crippen molar-refractivity contribution in [1.82, 2.24) is 9.97 Å². The zero-order valence-electron chi connectivity index (χ0n) is 8.32. The Morgan fingerprint density at radius 1 is 1.25 bits per heavy atom. The van der Waals surface area contributed by atoms with Gasteiger partial charge in [-0.2, -0.15) is 4.98 Å². The van der Waals surface area contributed by atoms with Crippen molar-refractivity contribution in [1.29, 1.82) is 0 Å². The molecule has 1 unspecified atom stereocenters. The van der Waals surface area contributed by atoms with Crippen LogP contribution in [0.4, 0.5) is 5.82 Å². The molecular formula is C9H9Cl2N3O2.